The van der Waals surface area contributed by atoms with Gasteiger partial charge in [-0.1, -0.05) is 6.07 Å². The molecule has 1 aromatic carbocycles. The van der Waals surface area contributed by atoms with Crippen molar-refractivity contribution in [1.29, 1.82) is 0 Å². The zero-order valence-electron chi connectivity index (χ0n) is 13.8. The Hall–Kier alpha value is -2.60. The van der Waals surface area contributed by atoms with Crippen molar-refractivity contribution in [2.75, 3.05) is 25.0 Å². The predicted molar refractivity (Wildman–Crippen MR) is 91.2 cm³/mol. The molecule has 2 heterocycles. The van der Waals surface area contributed by atoms with Gasteiger partial charge in [0.2, 0.25) is 0 Å². The highest BCUT2D eigenvalue weighted by Gasteiger charge is 2.24. The van der Waals surface area contributed by atoms with Crippen LogP contribution < -0.4 is 10.6 Å². The van der Waals surface area contributed by atoms with Crippen LogP contribution in [0.15, 0.2) is 41.0 Å². The van der Waals surface area contributed by atoms with Gasteiger partial charge >= 0.3 is 0 Å². The fraction of sp³-hybridized carbons (Fsp3) is 0.333. The molecule has 24 heavy (non-hydrogen) atoms. The van der Waals surface area contributed by atoms with Crippen LogP contribution in [0.2, 0.25) is 0 Å². The van der Waals surface area contributed by atoms with Gasteiger partial charge in [0.1, 0.15) is 0 Å². The van der Waals surface area contributed by atoms with Crippen molar-refractivity contribution in [3.63, 3.8) is 0 Å². The third kappa shape index (κ3) is 3.33. The zero-order valence-corrected chi connectivity index (χ0v) is 13.8. The van der Waals surface area contributed by atoms with Gasteiger partial charge in [0.25, 0.3) is 11.8 Å². The highest BCUT2D eigenvalue weighted by molar-refractivity contribution is 6.04. The van der Waals surface area contributed by atoms with E-state index in [1.807, 2.05) is 24.8 Å². The molecule has 6 nitrogen and oxygen atoms in total. The molecule has 1 aliphatic rings. The second-order valence-corrected chi connectivity index (χ2v) is 6.01. The van der Waals surface area contributed by atoms with Gasteiger partial charge in [-0.05, 0) is 43.7 Å². The van der Waals surface area contributed by atoms with Crippen LogP contribution in [-0.4, -0.2) is 42.4 Å². The maximum absolute atomic E-state index is 12.8. The Morgan fingerprint density at radius 1 is 1.33 bits per heavy atom. The molecule has 0 bridgehead atoms. The van der Waals surface area contributed by atoms with Gasteiger partial charge in [0.15, 0.2) is 5.76 Å². The molecule has 1 atom stereocenters. The van der Waals surface area contributed by atoms with Crippen LogP contribution in [0.4, 0.5) is 5.69 Å². The van der Waals surface area contributed by atoms with Gasteiger partial charge in [0.05, 0.1) is 6.26 Å². The van der Waals surface area contributed by atoms with E-state index < -0.39 is 0 Å². The molecule has 1 aromatic heterocycles. The maximum Gasteiger partial charge on any atom is 0.291 e. The van der Waals surface area contributed by atoms with Gasteiger partial charge in [0, 0.05) is 36.9 Å². The number of rotatable bonds is 3. The first kappa shape index (κ1) is 16.3. The van der Waals surface area contributed by atoms with Crippen molar-refractivity contribution >= 4 is 17.5 Å². The lowest BCUT2D eigenvalue weighted by Gasteiger charge is -2.34. The lowest BCUT2D eigenvalue weighted by atomic mass is 10.1. The number of hydrogen-bond acceptors (Lipinski definition) is 4. The first-order valence-corrected chi connectivity index (χ1v) is 8.03. The van der Waals surface area contributed by atoms with Crippen molar-refractivity contribution in [3.05, 3.63) is 53.5 Å². The van der Waals surface area contributed by atoms with E-state index in [1.165, 1.54) is 6.26 Å². The number of carbonyl (C=O) groups excluding carboxylic acids is 2. The van der Waals surface area contributed by atoms with Crippen LogP contribution in [0.3, 0.4) is 0 Å². The van der Waals surface area contributed by atoms with Crippen molar-refractivity contribution < 1.29 is 14.0 Å². The number of aryl methyl sites for hydroxylation is 1. The van der Waals surface area contributed by atoms with Crippen LogP contribution in [0.5, 0.6) is 0 Å². The molecule has 2 amide bonds. The number of amides is 2. The molecule has 0 aliphatic carbocycles. The lowest BCUT2D eigenvalue weighted by molar-refractivity contribution is 0.0655. The summed E-state index contributed by atoms with van der Waals surface area (Å²) in [5, 5.41) is 6.08. The predicted octanol–water partition coefficient (Wildman–Crippen LogP) is 2.27. The molecule has 1 aliphatic heterocycles. The zero-order chi connectivity index (χ0) is 17.1. The van der Waals surface area contributed by atoms with E-state index in [0.717, 1.165) is 18.7 Å². The molecule has 0 radical (unpaired) electrons. The van der Waals surface area contributed by atoms with E-state index in [-0.39, 0.29) is 23.6 Å². The van der Waals surface area contributed by atoms with Gasteiger partial charge < -0.3 is 20.0 Å². The summed E-state index contributed by atoms with van der Waals surface area (Å²) in [6.45, 7) is 6.18. The lowest BCUT2D eigenvalue weighted by Crippen LogP contribution is -2.52. The first-order valence-electron chi connectivity index (χ1n) is 8.03. The average molecular weight is 327 g/mol. The maximum atomic E-state index is 12.8. The molecular weight excluding hydrogens is 306 g/mol. The summed E-state index contributed by atoms with van der Waals surface area (Å²) in [4.78, 5) is 26.8. The summed E-state index contributed by atoms with van der Waals surface area (Å²) in [6.07, 6.45) is 1.45. The van der Waals surface area contributed by atoms with Crippen LogP contribution in [0, 0.1) is 6.92 Å². The standard InChI is InChI=1S/C18H21N3O3/c1-12-5-6-14(18(23)21-8-7-19-11-13(21)2)10-15(12)20-17(22)16-4-3-9-24-16/h3-6,9-10,13,19H,7-8,11H2,1-2H3,(H,20,22)/t13-/m0/s1. The second kappa shape index (κ2) is 6.88. The van der Waals surface area contributed by atoms with Crippen LogP contribution in [0.25, 0.3) is 0 Å². The Morgan fingerprint density at radius 2 is 2.17 bits per heavy atom. The monoisotopic (exact) mass is 327 g/mol. The molecule has 0 saturated carbocycles. The molecule has 2 N–H and O–H groups in total. The van der Waals surface area contributed by atoms with E-state index >= 15 is 0 Å². The number of piperazine rings is 1. The molecule has 1 fully saturated rings. The molecule has 2 aromatic rings. The van der Waals surface area contributed by atoms with E-state index in [4.69, 9.17) is 4.42 Å². The van der Waals surface area contributed by atoms with Crippen LogP contribution >= 0.6 is 0 Å². The summed E-state index contributed by atoms with van der Waals surface area (Å²) in [7, 11) is 0. The number of hydrogen-bond donors (Lipinski definition) is 2. The Kier molecular flexibility index (Phi) is 4.66. The SMILES string of the molecule is Cc1ccc(C(=O)N2CCNC[C@@H]2C)cc1NC(=O)c1ccco1. The number of carbonyl (C=O) groups is 2. The smallest absolute Gasteiger partial charge is 0.291 e. The molecular formula is C18H21N3O3. The number of nitrogens with zero attached hydrogens (tertiary/aromatic N) is 1. The highest BCUT2D eigenvalue weighted by Crippen LogP contribution is 2.20. The fourth-order valence-corrected chi connectivity index (χ4v) is 2.79. The topological polar surface area (TPSA) is 74.6 Å². The third-order valence-corrected chi connectivity index (χ3v) is 4.24. The fourth-order valence-electron chi connectivity index (χ4n) is 2.79. The molecule has 0 spiro atoms. The summed E-state index contributed by atoms with van der Waals surface area (Å²) < 4.78 is 5.10. The Bertz CT molecular complexity index is 740. The van der Waals surface area contributed by atoms with E-state index in [9.17, 15) is 9.59 Å². The minimum atomic E-state index is -0.330. The molecule has 126 valence electrons. The largest absolute Gasteiger partial charge is 0.459 e. The Balaban J connectivity index is 1.80. The van der Waals surface area contributed by atoms with Gasteiger partial charge in [-0.25, -0.2) is 0 Å². The van der Waals surface area contributed by atoms with E-state index in [1.54, 1.807) is 24.3 Å². The molecule has 6 heteroatoms. The normalized spacial score (nSPS) is 17.6. The van der Waals surface area contributed by atoms with Gasteiger partial charge in [-0.15, -0.1) is 0 Å². The third-order valence-electron chi connectivity index (χ3n) is 4.24. The van der Waals surface area contributed by atoms with Crippen LogP contribution in [0.1, 0.15) is 33.4 Å². The number of furan rings is 1. The molecule has 1 saturated heterocycles. The molecule has 3 rings (SSSR count). The van der Waals surface area contributed by atoms with E-state index in [0.29, 0.717) is 17.8 Å². The van der Waals surface area contributed by atoms with Crippen molar-refractivity contribution in [1.82, 2.24) is 10.2 Å². The summed E-state index contributed by atoms with van der Waals surface area (Å²) in [6, 6.07) is 8.78. The van der Waals surface area contributed by atoms with Crippen molar-refractivity contribution in [3.8, 4) is 0 Å². The Morgan fingerprint density at radius 3 is 2.88 bits per heavy atom. The minimum Gasteiger partial charge on any atom is -0.459 e. The quantitative estimate of drug-likeness (QED) is 0.907. The van der Waals surface area contributed by atoms with Crippen molar-refractivity contribution in [2.24, 2.45) is 0 Å². The second-order valence-electron chi connectivity index (χ2n) is 6.01. The molecule has 0 unspecified atom stereocenters. The summed E-state index contributed by atoms with van der Waals surface area (Å²) in [5.74, 6) is -0.109. The van der Waals surface area contributed by atoms with Gasteiger partial charge in [-0.3, -0.25) is 9.59 Å². The van der Waals surface area contributed by atoms with Crippen molar-refractivity contribution in [2.45, 2.75) is 19.9 Å². The number of anilines is 1. The van der Waals surface area contributed by atoms with Crippen LogP contribution in [-0.2, 0) is 0 Å². The number of nitrogens with one attached hydrogen (secondary N) is 2. The number of benzene rings is 1. The van der Waals surface area contributed by atoms with Gasteiger partial charge in [-0.2, -0.15) is 0 Å². The highest BCUT2D eigenvalue weighted by atomic mass is 16.3. The Labute approximate surface area is 140 Å². The summed E-state index contributed by atoms with van der Waals surface area (Å²) >= 11 is 0. The summed E-state index contributed by atoms with van der Waals surface area (Å²) in [5.41, 5.74) is 2.08. The average Bonchev–Trinajstić information content (AvgIpc) is 3.11. The first-order chi connectivity index (χ1) is 11.6. The minimum absolute atomic E-state index is 0.0162. The van der Waals surface area contributed by atoms with E-state index in [2.05, 4.69) is 10.6 Å².